The van der Waals surface area contributed by atoms with Gasteiger partial charge in [-0.25, -0.2) is 4.39 Å². The molecule has 2 aromatic carbocycles. The van der Waals surface area contributed by atoms with Crippen molar-refractivity contribution >= 4 is 0 Å². The second kappa shape index (κ2) is 6.34. The molecule has 100 valence electrons. The molecule has 1 atom stereocenters. The number of nitrogens with one attached hydrogen (secondary N) is 1. The molecule has 0 bridgehead atoms. The zero-order valence-electron chi connectivity index (χ0n) is 10.9. The summed E-state index contributed by atoms with van der Waals surface area (Å²) in [6.45, 7) is 2.63. The van der Waals surface area contributed by atoms with E-state index in [1.54, 1.807) is 6.07 Å². The number of phenols is 1. The lowest BCUT2D eigenvalue weighted by Gasteiger charge is -2.17. The highest BCUT2D eigenvalue weighted by molar-refractivity contribution is 5.28. The van der Waals surface area contributed by atoms with Crippen molar-refractivity contribution in [3.63, 3.8) is 0 Å². The highest BCUT2D eigenvalue weighted by atomic mass is 19.1. The third-order valence-electron chi connectivity index (χ3n) is 3.11. The van der Waals surface area contributed by atoms with Gasteiger partial charge in [-0.15, -0.1) is 0 Å². The highest BCUT2D eigenvalue weighted by Gasteiger charge is 2.08. The van der Waals surface area contributed by atoms with E-state index < -0.39 is 5.82 Å². The summed E-state index contributed by atoms with van der Waals surface area (Å²) in [5.41, 5.74) is 1.96. The molecule has 0 radical (unpaired) electrons. The Morgan fingerprint density at radius 2 is 1.89 bits per heavy atom. The van der Waals surface area contributed by atoms with Gasteiger partial charge in [0.2, 0.25) is 0 Å². The smallest absolute Gasteiger partial charge is 0.127 e. The molecule has 0 aliphatic rings. The second-order valence-corrected chi connectivity index (χ2v) is 4.57. The number of phenolic OH excluding ortho intramolecular Hbond substituents is 1. The molecule has 0 aliphatic carbocycles. The number of rotatable bonds is 5. The van der Waals surface area contributed by atoms with E-state index in [-0.39, 0.29) is 11.8 Å². The maximum atomic E-state index is 13.2. The van der Waals surface area contributed by atoms with Gasteiger partial charge < -0.3 is 10.4 Å². The molecular formula is C16H18FNO. The van der Waals surface area contributed by atoms with Crippen LogP contribution in [0.15, 0.2) is 48.5 Å². The Morgan fingerprint density at radius 3 is 2.53 bits per heavy atom. The maximum Gasteiger partial charge on any atom is 0.127 e. The molecule has 2 N–H and O–H groups in total. The van der Waals surface area contributed by atoms with Gasteiger partial charge in [-0.3, -0.25) is 0 Å². The van der Waals surface area contributed by atoms with E-state index in [9.17, 15) is 9.50 Å². The summed E-state index contributed by atoms with van der Waals surface area (Å²) in [4.78, 5) is 0. The lowest BCUT2D eigenvalue weighted by atomic mass is 10.0. The number of aromatic hydroxyl groups is 1. The molecule has 0 aromatic heterocycles. The standard InChI is InChI=1S/C16H18FNO/c1-2-16(13-6-4-3-5-7-13)18-11-12-8-14(17)10-15(19)9-12/h3-10,16,18-19H,2,11H2,1H3. The number of hydrogen-bond acceptors (Lipinski definition) is 2. The van der Waals surface area contributed by atoms with Crippen molar-refractivity contribution in [2.45, 2.75) is 25.9 Å². The van der Waals surface area contributed by atoms with Crippen LogP contribution in [0.2, 0.25) is 0 Å². The van der Waals surface area contributed by atoms with Crippen molar-refractivity contribution in [3.8, 4) is 5.75 Å². The monoisotopic (exact) mass is 259 g/mol. The fourth-order valence-electron chi connectivity index (χ4n) is 2.16. The average Bonchev–Trinajstić information content (AvgIpc) is 2.39. The van der Waals surface area contributed by atoms with Gasteiger partial charge in [0.05, 0.1) is 0 Å². The van der Waals surface area contributed by atoms with Gasteiger partial charge in [0.15, 0.2) is 0 Å². The minimum Gasteiger partial charge on any atom is -0.508 e. The lowest BCUT2D eigenvalue weighted by Crippen LogP contribution is -2.20. The van der Waals surface area contributed by atoms with Crippen LogP contribution < -0.4 is 5.32 Å². The number of benzene rings is 2. The van der Waals surface area contributed by atoms with E-state index in [0.29, 0.717) is 6.54 Å². The van der Waals surface area contributed by atoms with E-state index in [1.165, 1.54) is 11.6 Å². The molecule has 0 saturated carbocycles. The minimum atomic E-state index is -0.412. The van der Waals surface area contributed by atoms with Crippen LogP contribution in [0.4, 0.5) is 4.39 Å². The summed E-state index contributed by atoms with van der Waals surface area (Å²) in [7, 11) is 0. The van der Waals surface area contributed by atoms with E-state index in [1.807, 2.05) is 18.2 Å². The Balaban J connectivity index is 2.04. The van der Waals surface area contributed by atoms with Gasteiger partial charge in [-0.1, -0.05) is 37.3 Å². The van der Waals surface area contributed by atoms with Crippen LogP contribution in [0.1, 0.15) is 30.5 Å². The summed E-state index contributed by atoms with van der Waals surface area (Å²) in [6, 6.07) is 14.5. The van der Waals surface area contributed by atoms with Crippen LogP contribution in [0.25, 0.3) is 0 Å². The lowest BCUT2D eigenvalue weighted by molar-refractivity contribution is 0.465. The summed E-state index contributed by atoms with van der Waals surface area (Å²) < 4.78 is 13.2. The molecular weight excluding hydrogens is 241 g/mol. The molecule has 3 heteroatoms. The van der Waals surface area contributed by atoms with Crippen molar-refractivity contribution in [1.29, 1.82) is 0 Å². The molecule has 0 fully saturated rings. The average molecular weight is 259 g/mol. The largest absolute Gasteiger partial charge is 0.508 e. The van der Waals surface area contributed by atoms with Crippen molar-refractivity contribution in [2.24, 2.45) is 0 Å². The van der Waals surface area contributed by atoms with Crippen molar-refractivity contribution in [1.82, 2.24) is 5.32 Å². The predicted octanol–water partition coefficient (Wildman–Crippen LogP) is 3.77. The van der Waals surface area contributed by atoms with Gasteiger partial charge in [-0.2, -0.15) is 0 Å². The van der Waals surface area contributed by atoms with Gasteiger partial charge in [0, 0.05) is 18.7 Å². The third-order valence-corrected chi connectivity index (χ3v) is 3.11. The van der Waals surface area contributed by atoms with Crippen molar-refractivity contribution in [2.75, 3.05) is 0 Å². The first-order valence-corrected chi connectivity index (χ1v) is 6.46. The molecule has 1 unspecified atom stereocenters. The Hall–Kier alpha value is -1.87. The highest BCUT2D eigenvalue weighted by Crippen LogP contribution is 2.18. The fourth-order valence-corrected chi connectivity index (χ4v) is 2.16. The van der Waals surface area contributed by atoms with Crippen LogP contribution in [0.5, 0.6) is 5.75 Å². The van der Waals surface area contributed by atoms with Gasteiger partial charge in [0.1, 0.15) is 11.6 Å². The Labute approximate surface area is 112 Å². The second-order valence-electron chi connectivity index (χ2n) is 4.57. The zero-order valence-corrected chi connectivity index (χ0v) is 10.9. The summed E-state index contributed by atoms with van der Waals surface area (Å²) in [5, 5.41) is 12.7. The van der Waals surface area contributed by atoms with E-state index in [0.717, 1.165) is 18.1 Å². The van der Waals surface area contributed by atoms with Crippen molar-refractivity contribution in [3.05, 3.63) is 65.5 Å². The Kier molecular flexibility index (Phi) is 4.53. The Bertz CT molecular complexity index is 507. The summed E-state index contributed by atoms with van der Waals surface area (Å²) >= 11 is 0. The number of hydrogen-bond donors (Lipinski definition) is 2. The topological polar surface area (TPSA) is 32.3 Å². The molecule has 2 aromatic rings. The first kappa shape index (κ1) is 13.6. The van der Waals surface area contributed by atoms with Gasteiger partial charge >= 0.3 is 0 Å². The quantitative estimate of drug-likeness (QED) is 0.856. The first-order valence-electron chi connectivity index (χ1n) is 6.46. The summed E-state index contributed by atoms with van der Waals surface area (Å²) in [5.74, 6) is -0.450. The van der Waals surface area contributed by atoms with E-state index in [2.05, 4.69) is 24.4 Å². The molecule has 19 heavy (non-hydrogen) atoms. The molecule has 0 amide bonds. The molecule has 0 aliphatic heterocycles. The zero-order chi connectivity index (χ0) is 13.7. The van der Waals surface area contributed by atoms with Crippen LogP contribution in [0, 0.1) is 5.82 Å². The van der Waals surface area contributed by atoms with E-state index in [4.69, 9.17) is 0 Å². The Morgan fingerprint density at radius 1 is 1.16 bits per heavy atom. The number of halogens is 1. The van der Waals surface area contributed by atoms with Crippen LogP contribution in [-0.4, -0.2) is 5.11 Å². The van der Waals surface area contributed by atoms with Crippen LogP contribution >= 0.6 is 0 Å². The first-order chi connectivity index (χ1) is 9.19. The fraction of sp³-hybridized carbons (Fsp3) is 0.250. The van der Waals surface area contributed by atoms with Crippen LogP contribution in [0.3, 0.4) is 0 Å². The normalized spacial score (nSPS) is 12.3. The van der Waals surface area contributed by atoms with Gasteiger partial charge in [-0.05, 0) is 29.7 Å². The molecule has 0 spiro atoms. The van der Waals surface area contributed by atoms with Crippen molar-refractivity contribution < 1.29 is 9.50 Å². The predicted molar refractivity (Wildman–Crippen MR) is 74.4 cm³/mol. The van der Waals surface area contributed by atoms with Gasteiger partial charge in [0.25, 0.3) is 0 Å². The summed E-state index contributed by atoms with van der Waals surface area (Å²) in [6.07, 6.45) is 0.950. The third kappa shape index (κ3) is 3.80. The molecule has 0 heterocycles. The molecule has 2 rings (SSSR count). The SMILES string of the molecule is CCC(NCc1cc(O)cc(F)c1)c1ccccc1. The minimum absolute atomic E-state index is 0.0374. The molecule has 0 saturated heterocycles. The molecule has 2 nitrogen and oxygen atoms in total. The van der Waals surface area contributed by atoms with Crippen LogP contribution in [-0.2, 0) is 6.54 Å². The maximum absolute atomic E-state index is 13.2. The van der Waals surface area contributed by atoms with E-state index >= 15 is 0 Å².